The molecule has 152 valence electrons. The summed E-state index contributed by atoms with van der Waals surface area (Å²) in [6, 6.07) is 11.4. The zero-order valence-electron chi connectivity index (χ0n) is 16.9. The highest BCUT2D eigenvalue weighted by molar-refractivity contribution is 9.10. The number of carbonyl (C=O) groups is 1. The first-order valence-electron chi connectivity index (χ1n) is 9.34. The fraction of sp³-hybridized carbons (Fsp3) is 0.409. The lowest BCUT2D eigenvalue weighted by Gasteiger charge is -2.14. The van der Waals surface area contributed by atoms with Gasteiger partial charge in [0.25, 0.3) is 5.91 Å². The second-order valence-electron chi connectivity index (χ2n) is 6.99. The third-order valence-electron chi connectivity index (χ3n) is 4.17. The van der Waals surface area contributed by atoms with E-state index in [4.69, 9.17) is 14.2 Å². The molecule has 0 spiro atoms. The number of rotatable bonds is 10. The molecular weight excluding hydrogens is 422 g/mol. The highest BCUT2D eigenvalue weighted by atomic mass is 79.9. The van der Waals surface area contributed by atoms with Gasteiger partial charge in [-0.15, -0.1) is 0 Å². The lowest BCUT2D eigenvalue weighted by molar-refractivity contribution is -0.123. The lowest BCUT2D eigenvalue weighted by Crippen LogP contribution is -2.28. The van der Waals surface area contributed by atoms with Crippen molar-refractivity contribution < 1.29 is 19.0 Å². The predicted octanol–water partition coefficient (Wildman–Crippen LogP) is 4.89. The van der Waals surface area contributed by atoms with Crippen LogP contribution >= 0.6 is 15.9 Å². The van der Waals surface area contributed by atoms with Crippen molar-refractivity contribution in [2.75, 3.05) is 20.3 Å². The Bertz CT molecular complexity index is 792. The Kier molecular flexibility index (Phi) is 8.64. The minimum absolute atomic E-state index is 0.0317. The SMILES string of the molecule is COc1cc(CNC(=O)COc2ccc(Br)cc2C)ccc1OCCC(C)C. The van der Waals surface area contributed by atoms with Crippen LogP contribution in [0.4, 0.5) is 0 Å². The monoisotopic (exact) mass is 449 g/mol. The minimum atomic E-state index is -0.182. The quantitative estimate of drug-likeness (QED) is 0.560. The molecule has 1 N–H and O–H groups in total. The average Bonchev–Trinajstić information content (AvgIpc) is 2.66. The summed E-state index contributed by atoms with van der Waals surface area (Å²) < 4.78 is 17.8. The maximum Gasteiger partial charge on any atom is 0.258 e. The number of hydrogen-bond acceptors (Lipinski definition) is 4. The van der Waals surface area contributed by atoms with Crippen LogP contribution in [0.1, 0.15) is 31.4 Å². The van der Waals surface area contributed by atoms with Gasteiger partial charge in [-0.2, -0.15) is 0 Å². The first-order chi connectivity index (χ1) is 13.4. The number of nitrogens with one attached hydrogen (secondary N) is 1. The molecule has 0 bridgehead atoms. The van der Waals surface area contributed by atoms with E-state index in [1.807, 2.05) is 43.3 Å². The third-order valence-corrected chi connectivity index (χ3v) is 4.66. The van der Waals surface area contributed by atoms with Crippen LogP contribution in [0.25, 0.3) is 0 Å². The average molecular weight is 450 g/mol. The van der Waals surface area contributed by atoms with E-state index in [0.29, 0.717) is 36.3 Å². The van der Waals surface area contributed by atoms with E-state index >= 15 is 0 Å². The molecule has 5 nitrogen and oxygen atoms in total. The molecule has 0 aliphatic carbocycles. The second-order valence-corrected chi connectivity index (χ2v) is 7.91. The maximum absolute atomic E-state index is 12.1. The molecule has 0 atom stereocenters. The van der Waals surface area contributed by atoms with Gasteiger partial charge in [0, 0.05) is 11.0 Å². The van der Waals surface area contributed by atoms with E-state index in [1.165, 1.54) is 0 Å². The van der Waals surface area contributed by atoms with E-state index in [-0.39, 0.29) is 12.5 Å². The summed E-state index contributed by atoms with van der Waals surface area (Å²) in [5.74, 6) is 2.48. The van der Waals surface area contributed by atoms with Gasteiger partial charge in [-0.3, -0.25) is 4.79 Å². The van der Waals surface area contributed by atoms with E-state index in [1.54, 1.807) is 7.11 Å². The molecule has 0 heterocycles. The van der Waals surface area contributed by atoms with Crippen LogP contribution in [0.5, 0.6) is 17.2 Å². The lowest BCUT2D eigenvalue weighted by atomic mass is 10.1. The molecule has 2 aromatic carbocycles. The molecular formula is C22H28BrNO4. The molecule has 0 aliphatic rings. The summed E-state index contributed by atoms with van der Waals surface area (Å²) in [7, 11) is 1.61. The first kappa shape index (κ1) is 22.1. The topological polar surface area (TPSA) is 56.8 Å². The van der Waals surface area contributed by atoms with Crippen LogP contribution in [0, 0.1) is 12.8 Å². The number of halogens is 1. The van der Waals surface area contributed by atoms with E-state index < -0.39 is 0 Å². The molecule has 0 saturated carbocycles. The van der Waals surface area contributed by atoms with Crippen LogP contribution in [0.2, 0.25) is 0 Å². The molecule has 0 saturated heterocycles. The molecule has 0 radical (unpaired) electrons. The third kappa shape index (κ3) is 7.08. The van der Waals surface area contributed by atoms with Crippen molar-refractivity contribution in [2.24, 2.45) is 5.92 Å². The fourth-order valence-electron chi connectivity index (χ4n) is 2.52. The molecule has 6 heteroatoms. The van der Waals surface area contributed by atoms with Gasteiger partial charge in [0.2, 0.25) is 0 Å². The Morgan fingerprint density at radius 1 is 1.07 bits per heavy atom. The van der Waals surface area contributed by atoms with Gasteiger partial charge in [-0.25, -0.2) is 0 Å². The zero-order valence-corrected chi connectivity index (χ0v) is 18.5. The Morgan fingerprint density at radius 2 is 1.82 bits per heavy atom. The summed E-state index contributed by atoms with van der Waals surface area (Å²) >= 11 is 3.41. The summed E-state index contributed by atoms with van der Waals surface area (Å²) in [6.45, 7) is 7.27. The molecule has 0 fully saturated rings. The molecule has 0 unspecified atom stereocenters. The molecule has 28 heavy (non-hydrogen) atoms. The highest BCUT2D eigenvalue weighted by Crippen LogP contribution is 2.28. The highest BCUT2D eigenvalue weighted by Gasteiger charge is 2.09. The van der Waals surface area contributed by atoms with Crippen LogP contribution < -0.4 is 19.5 Å². The van der Waals surface area contributed by atoms with Crippen LogP contribution in [0.15, 0.2) is 40.9 Å². The summed E-state index contributed by atoms with van der Waals surface area (Å²) in [5, 5.41) is 2.86. The Labute approximate surface area is 175 Å². The van der Waals surface area contributed by atoms with Crippen molar-refractivity contribution in [2.45, 2.75) is 33.7 Å². The van der Waals surface area contributed by atoms with E-state index in [2.05, 4.69) is 35.1 Å². The molecule has 2 aromatic rings. The summed E-state index contributed by atoms with van der Waals surface area (Å²) in [4.78, 5) is 12.1. The zero-order chi connectivity index (χ0) is 20.5. The summed E-state index contributed by atoms with van der Waals surface area (Å²) in [5.41, 5.74) is 1.90. The van der Waals surface area contributed by atoms with Crippen LogP contribution in [-0.4, -0.2) is 26.2 Å². The number of carbonyl (C=O) groups excluding carboxylic acids is 1. The molecule has 1 amide bonds. The maximum atomic E-state index is 12.1. The Morgan fingerprint density at radius 3 is 2.50 bits per heavy atom. The van der Waals surface area contributed by atoms with Crippen molar-refractivity contribution in [3.8, 4) is 17.2 Å². The van der Waals surface area contributed by atoms with E-state index in [0.717, 1.165) is 22.0 Å². The van der Waals surface area contributed by atoms with Crippen molar-refractivity contribution >= 4 is 21.8 Å². The van der Waals surface area contributed by atoms with Gasteiger partial charge >= 0.3 is 0 Å². The van der Waals surface area contributed by atoms with Crippen molar-refractivity contribution in [3.05, 3.63) is 52.0 Å². The minimum Gasteiger partial charge on any atom is -0.493 e. The smallest absolute Gasteiger partial charge is 0.258 e. The Balaban J connectivity index is 1.84. The fourth-order valence-corrected chi connectivity index (χ4v) is 2.99. The van der Waals surface area contributed by atoms with Crippen molar-refractivity contribution in [3.63, 3.8) is 0 Å². The molecule has 0 aliphatic heterocycles. The van der Waals surface area contributed by atoms with E-state index in [9.17, 15) is 4.79 Å². The molecule has 0 aromatic heterocycles. The first-order valence-corrected chi connectivity index (χ1v) is 10.1. The van der Waals surface area contributed by atoms with Crippen molar-refractivity contribution in [1.82, 2.24) is 5.32 Å². The predicted molar refractivity (Wildman–Crippen MR) is 114 cm³/mol. The van der Waals surface area contributed by atoms with Crippen molar-refractivity contribution in [1.29, 1.82) is 0 Å². The van der Waals surface area contributed by atoms with Gasteiger partial charge in [0.05, 0.1) is 13.7 Å². The standard InChI is InChI=1S/C22H28BrNO4/c1-15(2)9-10-27-20-7-5-17(12-21(20)26-4)13-24-22(25)14-28-19-8-6-18(23)11-16(19)3/h5-8,11-12,15H,9-10,13-14H2,1-4H3,(H,24,25). The van der Waals surface area contributed by atoms with Gasteiger partial charge in [0.1, 0.15) is 5.75 Å². The largest absolute Gasteiger partial charge is 0.493 e. The molecule has 2 rings (SSSR count). The van der Waals surface area contributed by atoms with Gasteiger partial charge < -0.3 is 19.5 Å². The number of aryl methyl sites for hydroxylation is 1. The van der Waals surface area contributed by atoms with Gasteiger partial charge in [-0.1, -0.05) is 35.8 Å². The number of methoxy groups -OCH3 is 1. The van der Waals surface area contributed by atoms with Crippen LogP contribution in [-0.2, 0) is 11.3 Å². The number of benzene rings is 2. The number of hydrogen-bond donors (Lipinski definition) is 1. The van der Waals surface area contributed by atoms with Gasteiger partial charge in [0.15, 0.2) is 18.1 Å². The number of amides is 1. The van der Waals surface area contributed by atoms with Gasteiger partial charge in [-0.05, 0) is 60.7 Å². The second kappa shape index (κ2) is 11.0. The normalized spacial score (nSPS) is 10.6. The Hall–Kier alpha value is -2.21. The number of ether oxygens (including phenoxy) is 3. The summed E-state index contributed by atoms with van der Waals surface area (Å²) in [6.07, 6.45) is 0.985. The van der Waals surface area contributed by atoms with Crippen LogP contribution in [0.3, 0.4) is 0 Å².